The SMILES string of the molecule is C[C@@H](Oc1ccc(Cl)cc1Cl)C(=O)N(CC1=CC=C(Cl)CC1)[C@@H]1CCS(=O)(=O)C1. The summed E-state index contributed by atoms with van der Waals surface area (Å²) in [5.41, 5.74) is 1.03. The monoisotopic (exact) mass is 477 g/mol. The van der Waals surface area contributed by atoms with Crippen LogP contribution in [0.5, 0.6) is 5.75 Å². The zero-order valence-electron chi connectivity index (χ0n) is 15.9. The lowest BCUT2D eigenvalue weighted by Crippen LogP contribution is -2.48. The van der Waals surface area contributed by atoms with E-state index < -0.39 is 15.9 Å². The fourth-order valence-electron chi connectivity index (χ4n) is 3.46. The van der Waals surface area contributed by atoms with Crippen LogP contribution in [0.15, 0.2) is 41.0 Å². The van der Waals surface area contributed by atoms with Crippen LogP contribution in [0.2, 0.25) is 10.0 Å². The lowest BCUT2D eigenvalue weighted by atomic mass is 10.0. The summed E-state index contributed by atoms with van der Waals surface area (Å²) in [5, 5.41) is 1.54. The summed E-state index contributed by atoms with van der Waals surface area (Å²) >= 11 is 18.1. The lowest BCUT2D eigenvalue weighted by Gasteiger charge is -2.32. The number of hydrogen-bond acceptors (Lipinski definition) is 4. The van der Waals surface area contributed by atoms with Gasteiger partial charge in [0.15, 0.2) is 15.9 Å². The average molecular weight is 479 g/mol. The minimum atomic E-state index is -3.14. The summed E-state index contributed by atoms with van der Waals surface area (Å²) < 4.78 is 29.8. The van der Waals surface area contributed by atoms with Crippen molar-refractivity contribution < 1.29 is 17.9 Å². The number of carbonyl (C=O) groups excluding carboxylic acids is 1. The summed E-state index contributed by atoms with van der Waals surface area (Å²) in [6, 6.07) is 4.40. The first-order valence-electron chi connectivity index (χ1n) is 9.31. The summed E-state index contributed by atoms with van der Waals surface area (Å²) in [6.45, 7) is 1.98. The van der Waals surface area contributed by atoms with Crippen molar-refractivity contribution in [1.82, 2.24) is 4.90 Å². The molecule has 0 N–H and O–H groups in total. The van der Waals surface area contributed by atoms with Gasteiger partial charge in [0.1, 0.15) is 5.75 Å². The molecule has 1 saturated heterocycles. The number of ether oxygens (including phenoxy) is 1. The van der Waals surface area contributed by atoms with Crippen LogP contribution >= 0.6 is 34.8 Å². The molecular formula is C20H22Cl3NO4S. The summed E-state index contributed by atoms with van der Waals surface area (Å²) in [4.78, 5) is 14.9. The quantitative estimate of drug-likeness (QED) is 0.598. The standard InChI is InChI=1S/C20H22Cl3NO4S/c1-13(28-19-7-6-16(22)10-18(19)23)20(25)24(17-8-9-29(26,27)12-17)11-14-2-4-15(21)5-3-14/h2,4,6-7,10,13,17H,3,5,8-9,11-12H2,1H3/t13-,17-/m1/s1. The molecule has 1 aromatic rings. The molecule has 158 valence electrons. The number of halogens is 3. The van der Waals surface area contributed by atoms with E-state index in [2.05, 4.69) is 0 Å². The zero-order valence-corrected chi connectivity index (χ0v) is 19.0. The molecule has 0 aromatic heterocycles. The number of nitrogens with zero attached hydrogens (tertiary/aromatic N) is 1. The highest BCUT2D eigenvalue weighted by Gasteiger charge is 2.37. The molecular weight excluding hydrogens is 457 g/mol. The van der Waals surface area contributed by atoms with E-state index in [9.17, 15) is 13.2 Å². The maximum atomic E-state index is 13.2. The van der Waals surface area contributed by atoms with Crippen molar-refractivity contribution in [2.24, 2.45) is 0 Å². The minimum absolute atomic E-state index is 0.0307. The van der Waals surface area contributed by atoms with E-state index in [0.717, 1.165) is 17.0 Å². The molecule has 1 aliphatic carbocycles. The van der Waals surface area contributed by atoms with Gasteiger partial charge in [-0.2, -0.15) is 0 Å². The van der Waals surface area contributed by atoms with Crippen LogP contribution in [-0.4, -0.2) is 49.4 Å². The third-order valence-corrected chi connectivity index (χ3v) is 7.63. The predicted molar refractivity (Wildman–Crippen MR) is 117 cm³/mol. The molecule has 0 saturated carbocycles. The van der Waals surface area contributed by atoms with E-state index in [1.165, 1.54) is 0 Å². The summed E-state index contributed by atoms with van der Waals surface area (Å²) in [6.07, 6.45) is 4.76. The molecule has 0 unspecified atom stereocenters. The third kappa shape index (κ3) is 5.91. The smallest absolute Gasteiger partial charge is 0.263 e. The predicted octanol–water partition coefficient (Wildman–Crippen LogP) is 4.62. The topological polar surface area (TPSA) is 63.7 Å². The van der Waals surface area contributed by atoms with Crippen LogP contribution in [0, 0.1) is 0 Å². The first-order valence-corrected chi connectivity index (χ1v) is 12.3. The Balaban J connectivity index is 1.79. The molecule has 2 aliphatic rings. The lowest BCUT2D eigenvalue weighted by molar-refractivity contribution is -0.139. The molecule has 29 heavy (non-hydrogen) atoms. The average Bonchev–Trinajstić information content (AvgIpc) is 3.02. The van der Waals surface area contributed by atoms with Crippen molar-refractivity contribution in [1.29, 1.82) is 0 Å². The Morgan fingerprint density at radius 3 is 2.59 bits per heavy atom. The highest BCUT2D eigenvalue weighted by atomic mass is 35.5. The van der Waals surface area contributed by atoms with Gasteiger partial charge < -0.3 is 9.64 Å². The van der Waals surface area contributed by atoms with Crippen LogP contribution in [0.3, 0.4) is 0 Å². The largest absolute Gasteiger partial charge is 0.479 e. The number of sulfone groups is 1. The Morgan fingerprint density at radius 2 is 2.00 bits per heavy atom. The first kappa shape index (κ1) is 22.5. The van der Waals surface area contributed by atoms with E-state index in [1.54, 1.807) is 30.0 Å². The van der Waals surface area contributed by atoms with Gasteiger partial charge in [-0.3, -0.25) is 4.79 Å². The Labute approximate surface area is 186 Å². The molecule has 0 radical (unpaired) electrons. The Morgan fingerprint density at radius 1 is 1.24 bits per heavy atom. The van der Waals surface area contributed by atoms with Gasteiger partial charge in [-0.15, -0.1) is 0 Å². The Kier molecular flexibility index (Phi) is 7.20. The van der Waals surface area contributed by atoms with Gasteiger partial charge in [0, 0.05) is 22.6 Å². The number of hydrogen-bond donors (Lipinski definition) is 0. The number of rotatable bonds is 6. The number of carbonyl (C=O) groups is 1. The number of allylic oxidation sites excluding steroid dienone is 3. The van der Waals surface area contributed by atoms with Gasteiger partial charge in [0.05, 0.1) is 16.5 Å². The second-order valence-electron chi connectivity index (χ2n) is 7.30. The van der Waals surface area contributed by atoms with E-state index in [4.69, 9.17) is 39.5 Å². The van der Waals surface area contributed by atoms with Crippen LogP contribution in [0.25, 0.3) is 0 Å². The molecule has 2 atom stereocenters. The van der Waals surface area contributed by atoms with E-state index >= 15 is 0 Å². The molecule has 5 nitrogen and oxygen atoms in total. The highest BCUT2D eigenvalue weighted by Crippen LogP contribution is 2.30. The fourth-order valence-corrected chi connectivity index (χ4v) is 5.80. The second-order valence-corrected chi connectivity index (χ2v) is 10.9. The van der Waals surface area contributed by atoms with E-state index in [1.807, 2.05) is 12.2 Å². The second kappa shape index (κ2) is 9.29. The molecule has 1 heterocycles. The van der Waals surface area contributed by atoms with Gasteiger partial charge in [-0.05, 0) is 50.5 Å². The van der Waals surface area contributed by atoms with Crippen LogP contribution in [-0.2, 0) is 14.6 Å². The van der Waals surface area contributed by atoms with Crippen LogP contribution < -0.4 is 4.74 Å². The maximum Gasteiger partial charge on any atom is 0.263 e. The fraction of sp³-hybridized carbons (Fsp3) is 0.450. The summed E-state index contributed by atoms with van der Waals surface area (Å²) in [5.74, 6) is 0.129. The van der Waals surface area contributed by atoms with E-state index in [-0.39, 0.29) is 23.5 Å². The van der Waals surface area contributed by atoms with Gasteiger partial charge in [0.25, 0.3) is 5.91 Å². The molecule has 1 aliphatic heterocycles. The van der Waals surface area contributed by atoms with Crippen molar-refractivity contribution in [2.45, 2.75) is 38.3 Å². The van der Waals surface area contributed by atoms with Gasteiger partial charge in [-0.25, -0.2) is 8.42 Å². The Hall–Kier alpha value is -1.21. The maximum absolute atomic E-state index is 13.2. The molecule has 0 bridgehead atoms. The Bertz CT molecular complexity index is 958. The minimum Gasteiger partial charge on any atom is -0.479 e. The van der Waals surface area contributed by atoms with Gasteiger partial charge >= 0.3 is 0 Å². The van der Waals surface area contributed by atoms with Gasteiger partial charge in [-0.1, -0.05) is 46.5 Å². The molecule has 3 rings (SSSR count). The number of amides is 1. The molecule has 1 amide bonds. The summed E-state index contributed by atoms with van der Waals surface area (Å²) in [7, 11) is -3.14. The van der Waals surface area contributed by atoms with Crippen molar-refractivity contribution in [3.05, 3.63) is 51.0 Å². The molecule has 0 spiro atoms. The van der Waals surface area contributed by atoms with Crippen molar-refractivity contribution in [3.8, 4) is 5.75 Å². The van der Waals surface area contributed by atoms with E-state index in [0.29, 0.717) is 35.2 Å². The van der Waals surface area contributed by atoms with Gasteiger partial charge in [0.2, 0.25) is 0 Å². The first-order chi connectivity index (χ1) is 13.6. The highest BCUT2D eigenvalue weighted by molar-refractivity contribution is 7.91. The van der Waals surface area contributed by atoms with Crippen molar-refractivity contribution in [3.63, 3.8) is 0 Å². The zero-order chi connectivity index (χ0) is 21.2. The molecule has 1 aromatic carbocycles. The van der Waals surface area contributed by atoms with Crippen LogP contribution in [0.4, 0.5) is 0 Å². The van der Waals surface area contributed by atoms with Crippen molar-refractivity contribution in [2.75, 3.05) is 18.1 Å². The third-order valence-electron chi connectivity index (χ3n) is 5.04. The van der Waals surface area contributed by atoms with Crippen LogP contribution in [0.1, 0.15) is 26.2 Å². The number of benzene rings is 1. The molecule has 1 fully saturated rings. The normalized spacial score (nSPS) is 21.9. The van der Waals surface area contributed by atoms with Crippen molar-refractivity contribution >= 4 is 50.5 Å². The molecule has 9 heteroatoms.